The summed E-state index contributed by atoms with van der Waals surface area (Å²) >= 11 is 2.14. The van der Waals surface area contributed by atoms with E-state index in [1.165, 1.54) is 18.3 Å². The summed E-state index contributed by atoms with van der Waals surface area (Å²) in [5, 5.41) is 26.3. The molecule has 3 aromatic rings. The molecule has 0 bridgehead atoms. The third kappa shape index (κ3) is 7.33. The number of aromatic amines is 1. The van der Waals surface area contributed by atoms with Crippen LogP contribution in [0.1, 0.15) is 35.8 Å². The van der Waals surface area contributed by atoms with Crippen molar-refractivity contribution in [1.29, 1.82) is 0 Å². The molecule has 0 radical (unpaired) electrons. The number of hydrogen-bond donors (Lipinski definition) is 6. The first-order chi connectivity index (χ1) is 16.6. The lowest BCUT2D eigenvalue weighted by atomic mass is 10.1. The highest BCUT2D eigenvalue weighted by atomic mass is 127. The summed E-state index contributed by atoms with van der Waals surface area (Å²) in [5.41, 5.74) is 1.27. The quantitative estimate of drug-likeness (QED) is 0.107. The number of nitrogens with one attached hydrogen (secondary N) is 4. The lowest BCUT2D eigenvalue weighted by Gasteiger charge is -2.14. The molecule has 1 aromatic carbocycles. The van der Waals surface area contributed by atoms with Crippen molar-refractivity contribution in [2.24, 2.45) is 0 Å². The van der Waals surface area contributed by atoms with Gasteiger partial charge in [-0.25, -0.2) is 14.8 Å². The zero-order chi connectivity index (χ0) is 25.5. The van der Waals surface area contributed by atoms with E-state index in [0.717, 1.165) is 0 Å². The summed E-state index contributed by atoms with van der Waals surface area (Å²) in [4.78, 5) is 62.0. The first kappa shape index (κ1) is 25.8. The maximum atomic E-state index is 12.3. The van der Waals surface area contributed by atoms with Crippen LogP contribution in [0, 0.1) is 0 Å². The van der Waals surface area contributed by atoms with E-state index < -0.39 is 29.4 Å². The molecule has 2 aromatic heterocycles. The SMILES string of the molecule is CC(I)Nc1nc2ncc(CNc3ccc(C(=O)N[C@H](CCC(=O)O)C(=O)O)cc3)nc2c(=O)[nH]1. The highest BCUT2D eigenvalue weighted by molar-refractivity contribution is 14.1. The van der Waals surface area contributed by atoms with Crippen LogP contribution in [-0.2, 0) is 16.1 Å². The van der Waals surface area contributed by atoms with Crippen LogP contribution in [0.15, 0.2) is 35.3 Å². The zero-order valence-electron chi connectivity index (χ0n) is 18.4. The highest BCUT2D eigenvalue weighted by Gasteiger charge is 2.21. The largest absolute Gasteiger partial charge is 0.481 e. The van der Waals surface area contributed by atoms with E-state index in [1.807, 2.05) is 6.92 Å². The number of aromatic nitrogens is 4. The lowest BCUT2D eigenvalue weighted by Crippen LogP contribution is -2.41. The minimum absolute atomic E-state index is 0.0534. The van der Waals surface area contributed by atoms with Crippen molar-refractivity contribution in [1.82, 2.24) is 25.3 Å². The first-order valence-electron chi connectivity index (χ1n) is 10.4. The van der Waals surface area contributed by atoms with Crippen LogP contribution in [0.5, 0.6) is 0 Å². The highest BCUT2D eigenvalue weighted by Crippen LogP contribution is 2.13. The molecule has 0 aliphatic carbocycles. The molecular weight excluding hydrogens is 573 g/mol. The molecule has 14 heteroatoms. The van der Waals surface area contributed by atoms with E-state index >= 15 is 0 Å². The van der Waals surface area contributed by atoms with Gasteiger partial charge in [-0.3, -0.25) is 19.4 Å². The molecule has 0 aliphatic heterocycles. The molecule has 0 aliphatic rings. The Labute approximate surface area is 211 Å². The Bertz CT molecular complexity index is 1300. The minimum Gasteiger partial charge on any atom is -0.481 e. The van der Waals surface area contributed by atoms with Crippen LogP contribution in [0.25, 0.3) is 11.2 Å². The van der Waals surface area contributed by atoms with E-state index in [1.54, 1.807) is 12.1 Å². The molecule has 2 atom stereocenters. The van der Waals surface area contributed by atoms with Crippen LogP contribution in [0.4, 0.5) is 11.6 Å². The van der Waals surface area contributed by atoms with Crippen molar-refractivity contribution >= 4 is 63.2 Å². The fourth-order valence-corrected chi connectivity index (χ4v) is 3.29. The Morgan fingerprint density at radius 2 is 1.86 bits per heavy atom. The van der Waals surface area contributed by atoms with Crippen molar-refractivity contribution in [3.05, 3.63) is 52.1 Å². The number of carboxylic acid groups (broad SMARTS) is 2. The molecule has 0 saturated heterocycles. The molecule has 35 heavy (non-hydrogen) atoms. The van der Waals surface area contributed by atoms with Crippen LogP contribution >= 0.6 is 22.6 Å². The van der Waals surface area contributed by atoms with Crippen molar-refractivity contribution in [3.8, 4) is 0 Å². The van der Waals surface area contributed by atoms with Crippen molar-refractivity contribution in [2.45, 2.75) is 36.4 Å². The number of alkyl halides is 1. The second-order valence-electron chi connectivity index (χ2n) is 7.44. The predicted octanol–water partition coefficient (Wildman–Crippen LogP) is 1.57. The van der Waals surface area contributed by atoms with Gasteiger partial charge in [-0.1, -0.05) is 22.6 Å². The Morgan fingerprint density at radius 1 is 1.14 bits per heavy atom. The summed E-state index contributed by atoms with van der Waals surface area (Å²) in [7, 11) is 0. The topological polar surface area (TPSA) is 199 Å². The van der Waals surface area contributed by atoms with E-state index in [9.17, 15) is 24.3 Å². The van der Waals surface area contributed by atoms with Gasteiger partial charge in [-0.15, -0.1) is 0 Å². The molecule has 184 valence electrons. The minimum atomic E-state index is -1.31. The number of anilines is 2. The van der Waals surface area contributed by atoms with Gasteiger partial charge in [0.25, 0.3) is 11.5 Å². The Morgan fingerprint density at radius 3 is 2.49 bits per heavy atom. The number of fused-ring (bicyclic) bond motifs is 1. The summed E-state index contributed by atoms with van der Waals surface area (Å²) < 4.78 is 0.0534. The fourth-order valence-electron chi connectivity index (χ4n) is 2.99. The van der Waals surface area contributed by atoms with Gasteiger partial charge >= 0.3 is 11.9 Å². The summed E-state index contributed by atoms with van der Waals surface area (Å²) in [6, 6.07) is 4.92. The Balaban J connectivity index is 1.63. The third-order valence-electron chi connectivity index (χ3n) is 4.67. The van der Waals surface area contributed by atoms with Crippen molar-refractivity contribution < 1.29 is 24.6 Å². The summed E-state index contributed by atoms with van der Waals surface area (Å²) in [6.07, 6.45) is 0.899. The summed E-state index contributed by atoms with van der Waals surface area (Å²) in [6.45, 7) is 2.15. The van der Waals surface area contributed by atoms with E-state index in [0.29, 0.717) is 17.3 Å². The number of nitrogens with zero attached hydrogens (tertiary/aromatic N) is 3. The maximum Gasteiger partial charge on any atom is 0.326 e. The molecule has 1 amide bonds. The zero-order valence-corrected chi connectivity index (χ0v) is 20.6. The second-order valence-corrected chi connectivity index (χ2v) is 9.30. The van der Waals surface area contributed by atoms with E-state index in [2.05, 4.69) is 58.5 Å². The summed E-state index contributed by atoms with van der Waals surface area (Å²) in [5.74, 6) is -2.78. The Kier molecular flexibility index (Phi) is 8.51. The van der Waals surface area contributed by atoms with Gasteiger partial charge in [0.2, 0.25) is 5.95 Å². The number of aliphatic carboxylic acids is 2. The molecule has 2 heterocycles. The molecule has 3 rings (SSSR count). The van der Waals surface area contributed by atoms with Gasteiger partial charge in [0.15, 0.2) is 11.2 Å². The van der Waals surface area contributed by atoms with Crippen LogP contribution in [0.2, 0.25) is 0 Å². The molecule has 13 nitrogen and oxygen atoms in total. The van der Waals surface area contributed by atoms with Gasteiger partial charge in [-0.05, 0) is 37.6 Å². The van der Waals surface area contributed by atoms with Crippen molar-refractivity contribution in [2.75, 3.05) is 10.6 Å². The monoisotopic (exact) mass is 595 g/mol. The number of halogens is 1. The van der Waals surface area contributed by atoms with Gasteiger partial charge < -0.3 is 26.2 Å². The van der Waals surface area contributed by atoms with Gasteiger partial charge in [0, 0.05) is 17.7 Å². The van der Waals surface area contributed by atoms with E-state index in [4.69, 9.17) is 5.11 Å². The average molecular weight is 595 g/mol. The number of rotatable bonds is 11. The first-order valence-corrected chi connectivity index (χ1v) is 11.6. The number of amides is 1. The molecule has 0 saturated carbocycles. The van der Waals surface area contributed by atoms with E-state index in [-0.39, 0.29) is 40.2 Å². The fraction of sp³-hybridized carbons (Fsp3) is 0.286. The number of H-pyrrole nitrogens is 1. The maximum absolute atomic E-state index is 12.3. The predicted molar refractivity (Wildman–Crippen MR) is 135 cm³/mol. The molecule has 0 fully saturated rings. The van der Waals surface area contributed by atoms with Gasteiger partial charge in [0.1, 0.15) is 6.04 Å². The molecule has 6 N–H and O–H groups in total. The number of benzene rings is 1. The number of carbonyl (C=O) groups excluding carboxylic acids is 1. The van der Waals surface area contributed by atoms with Gasteiger partial charge in [0.05, 0.1) is 22.5 Å². The molecule has 1 unspecified atom stereocenters. The van der Waals surface area contributed by atoms with Gasteiger partial charge in [-0.2, -0.15) is 4.98 Å². The van der Waals surface area contributed by atoms with Crippen LogP contribution in [0.3, 0.4) is 0 Å². The molecular formula is C21H22IN7O6. The number of carbonyl (C=O) groups is 3. The third-order valence-corrected chi connectivity index (χ3v) is 4.99. The standard InChI is InChI=1S/C21H22IN7O6/c1-10(22)25-21-28-17-16(19(33)29-21)26-13(9-24-17)8-23-12-4-2-11(3-5-12)18(32)27-14(20(34)35)6-7-15(30)31/h2-5,9-10,14,23H,6-8H2,1H3,(H,27,32)(H,30,31)(H,34,35)(H2,24,25,28,29,33)/t10?,14-/m1/s1. The van der Waals surface area contributed by atoms with Crippen LogP contribution in [-0.4, -0.2) is 58.1 Å². The molecule has 0 spiro atoms. The average Bonchev–Trinajstić information content (AvgIpc) is 2.80. The number of carboxylic acids is 2. The van der Waals surface area contributed by atoms with Crippen LogP contribution < -0.4 is 21.5 Å². The number of hydrogen-bond acceptors (Lipinski definition) is 9. The normalized spacial score (nSPS) is 12.5. The second kappa shape index (κ2) is 11.5. The lowest BCUT2D eigenvalue weighted by molar-refractivity contribution is -0.140. The Hall–Kier alpha value is -3.82. The smallest absolute Gasteiger partial charge is 0.326 e. The van der Waals surface area contributed by atoms with Crippen molar-refractivity contribution in [3.63, 3.8) is 0 Å².